The molecule has 1 atom stereocenters. The predicted molar refractivity (Wildman–Crippen MR) is 85.3 cm³/mol. The van der Waals surface area contributed by atoms with Crippen LogP contribution in [0, 0.1) is 0 Å². The topological polar surface area (TPSA) is 83.5 Å². The Bertz CT molecular complexity index is 588. The third-order valence-corrected chi connectivity index (χ3v) is 5.11. The van der Waals surface area contributed by atoms with Crippen LogP contribution in [0.2, 0.25) is 0 Å². The van der Waals surface area contributed by atoms with Crippen molar-refractivity contribution >= 4 is 27.8 Å². The van der Waals surface area contributed by atoms with Gasteiger partial charge in [-0.15, -0.1) is 0 Å². The maximum absolute atomic E-state index is 12.2. The summed E-state index contributed by atoms with van der Waals surface area (Å²) in [6.07, 6.45) is 1.72. The number of hydrogen-bond acceptors (Lipinski definition) is 4. The fourth-order valence-corrected chi connectivity index (χ4v) is 3.57. The van der Waals surface area contributed by atoms with Crippen LogP contribution >= 0.6 is 11.8 Å². The van der Waals surface area contributed by atoms with Gasteiger partial charge in [0.1, 0.15) is 6.04 Å². The minimum atomic E-state index is -3.83. The van der Waals surface area contributed by atoms with E-state index in [1.807, 2.05) is 20.8 Å². The second kappa shape index (κ2) is 6.81. The van der Waals surface area contributed by atoms with Crippen LogP contribution < -0.4 is 4.72 Å². The van der Waals surface area contributed by atoms with Crippen LogP contribution in [0.1, 0.15) is 26.3 Å². The number of aliphatic carboxylic acids is 1. The second-order valence-electron chi connectivity index (χ2n) is 5.74. The molecular formula is C14H21NO4S2. The van der Waals surface area contributed by atoms with Gasteiger partial charge in [0.15, 0.2) is 0 Å². The van der Waals surface area contributed by atoms with Gasteiger partial charge >= 0.3 is 5.97 Å². The van der Waals surface area contributed by atoms with Gasteiger partial charge < -0.3 is 5.11 Å². The first-order chi connectivity index (χ1) is 9.58. The zero-order chi connectivity index (χ0) is 16.3. The number of benzene rings is 1. The van der Waals surface area contributed by atoms with Crippen molar-refractivity contribution in [2.24, 2.45) is 0 Å². The second-order valence-corrected chi connectivity index (χ2v) is 8.37. The molecule has 0 aromatic heterocycles. The van der Waals surface area contributed by atoms with Gasteiger partial charge in [0.05, 0.1) is 4.90 Å². The minimum Gasteiger partial charge on any atom is -0.480 e. The summed E-state index contributed by atoms with van der Waals surface area (Å²) in [6.45, 7) is 6.11. The Labute approximate surface area is 130 Å². The van der Waals surface area contributed by atoms with Crippen molar-refractivity contribution in [3.05, 3.63) is 29.8 Å². The highest BCUT2D eigenvalue weighted by molar-refractivity contribution is 7.98. The van der Waals surface area contributed by atoms with Crippen molar-refractivity contribution in [2.75, 3.05) is 12.0 Å². The molecule has 0 radical (unpaired) electrons. The van der Waals surface area contributed by atoms with E-state index in [0.717, 1.165) is 5.56 Å². The predicted octanol–water partition coefficient (Wildman–Crippen LogP) is 2.08. The van der Waals surface area contributed by atoms with Gasteiger partial charge in [0, 0.05) is 5.75 Å². The number of carboxylic acid groups (broad SMARTS) is 1. The van der Waals surface area contributed by atoms with Gasteiger partial charge in [-0.3, -0.25) is 4.79 Å². The van der Waals surface area contributed by atoms with Gasteiger partial charge in [0.2, 0.25) is 10.0 Å². The molecule has 5 nitrogen and oxygen atoms in total. The number of sulfonamides is 1. The van der Waals surface area contributed by atoms with Crippen LogP contribution in [-0.4, -0.2) is 37.5 Å². The molecule has 118 valence electrons. The average Bonchev–Trinajstić information content (AvgIpc) is 2.37. The SMILES string of the molecule is CSCC(NS(=O)(=O)c1ccc(C(C)(C)C)cc1)C(=O)O. The van der Waals surface area contributed by atoms with E-state index in [4.69, 9.17) is 5.11 Å². The Morgan fingerprint density at radius 1 is 1.29 bits per heavy atom. The van der Waals surface area contributed by atoms with E-state index in [1.54, 1.807) is 18.4 Å². The van der Waals surface area contributed by atoms with Crippen LogP contribution in [-0.2, 0) is 20.2 Å². The Hall–Kier alpha value is -1.05. The fraction of sp³-hybridized carbons (Fsp3) is 0.500. The van der Waals surface area contributed by atoms with E-state index < -0.39 is 22.0 Å². The first-order valence-corrected chi connectivity index (χ1v) is 9.30. The maximum atomic E-state index is 12.2. The average molecular weight is 331 g/mol. The smallest absolute Gasteiger partial charge is 0.322 e. The van der Waals surface area contributed by atoms with Crippen LogP contribution in [0.15, 0.2) is 29.2 Å². The van der Waals surface area contributed by atoms with Gasteiger partial charge in [-0.2, -0.15) is 16.5 Å². The summed E-state index contributed by atoms with van der Waals surface area (Å²) < 4.78 is 26.6. The third kappa shape index (κ3) is 5.01. The first kappa shape index (κ1) is 18.0. The molecule has 0 fully saturated rings. The van der Waals surface area contributed by atoms with Crippen molar-refractivity contribution < 1.29 is 18.3 Å². The zero-order valence-corrected chi connectivity index (χ0v) is 14.2. The molecule has 1 aromatic carbocycles. The van der Waals surface area contributed by atoms with Crippen molar-refractivity contribution in [2.45, 2.75) is 37.1 Å². The lowest BCUT2D eigenvalue weighted by molar-refractivity contribution is -0.138. The van der Waals surface area contributed by atoms with E-state index in [9.17, 15) is 13.2 Å². The Morgan fingerprint density at radius 2 is 1.81 bits per heavy atom. The fourth-order valence-electron chi connectivity index (χ4n) is 1.71. The summed E-state index contributed by atoms with van der Waals surface area (Å²) >= 11 is 1.27. The number of carboxylic acids is 1. The number of hydrogen-bond donors (Lipinski definition) is 2. The molecule has 7 heteroatoms. The quantitative estimate of drug-likeness (QED) is 0.834. The lowest BCUT2D eigenvalue weighted by atomic mass is 9.87. The Morgan fingerprint density at radius 3 is 2.19 bits per heavy atom. The summed E-state index contributed by atoms with van der Waals surface area (Å²) in [5.41, 5.74) is 0.943. The molecule has 1 unspecified atom stereocenters. The standard InChI is InChI=1S/C14H21NO4S2/c1-14(2,3)10-5-7-11(8-6-10)21(18,19)15-12(9-20-4)13(16)17/h5-8,12,15H,9H2,1-4H3,(H,16,17). The molecule has 0 spiro atoms. The van der Waals surface area contributed by atoms with Crippen LogP contribution in [0.3, 0.4) is 0 Å². The van der Waals surface area contributed by atoms with Gasteiger partial charge in [-0.25, -0.2) is 8.42 Å². The van der Waals surface area contributed by atoms with Crippen LogP contribution in [0.5, 0.6) is 0 Å². The highest BCUT2D eigenvalue weighted by Gasteiger charge is 2.25. The number of carbonyl (C=O) groups is 1. The molecule has 0 saturated heterocycles. The lowest BCUT2D eigenvalue weighted by Gasteiger charge is -2.19. The van der Waals surface area contributed by atoms with Gasteiger partial charge in [0.25, 0.3) is 0 Å². The highest BCUT2D eigenvalue weighted by atomic mass is 32.2. The summed E-state index contributed by atoms with van der Waals surface area (Å²) in [7, 11) is -3.83. The lowest BCUT2D eigenvalue weighted by Crippen LogP contribution is -2.42. The largest absolute Gasteiger partial charge is 0.480 e. The highest BCUT2D eigenvalue weighted by Crippen LogP contribution is 2.23. The normalized spacial score (nSPS) is 13.9. The number of nitrogens with one attached hydrogen (secondary N) is 1. The minimum absolute atomic E-state index is 0.0713. The molecule has 0 bridgehead atoms. The van der Waals surface area contributed by atoms with E-state index >= 15 is 0 Å². The first-order valence-electron chi connectivity index (χ1n) is 6.42. The Kier molecular flexibility index (Phi) is 5.83. The molecule has 0 heterocycles. The van der Waals surface area contributed by atoms with E-state index in [1.165, 1.54) is 23.9 Å². The third-order valence-electron chi connectivity index (χ3n) is 2.96. The van der Waals surface area contributed by atoms with Crippen LogP contribution in [0.4, 0.5) is 0 Å². The van der Waals surface area contributed by atoms with Crippen molar-refractivity contribution in [3.63, 3.8) is 0 Å². The molecule has 0 amide bonds. The summed E-state index contributed by atoms with van der Waals surface area (Å²) in [6, 6.07) is 5.37. The molecule has 21 heavy (non-hydrogen) atoms. The summed E-state index contributed by atoms with van der Waals surface area (Å²) in [5.74, 6) is -1.01. The van der Waals surface area contributed by atoms with Gasteiger partial charge in [-0.05, 0) is 29.4 Å². The van der Waals surface area contributed by atoms with E-state index in [2.05, 4.69) is 4.72 Å². The van der Waals surface area contributed by atoms with Crippen molar-refractivity contribution in [1.82, 2.24) is 4.72 Å². The molecular weight excluding hydrogens is 310 g/mol. The van der Waals surface area contributed by atoms with Crippen LogP contribution in [0.25, 0.3) is 0 Å². The molecule has 1 aromatic rings. The van der Waals surface area contributed by atoms with Gasteiger partial charge in [-0.1, -0.05) is 32.9 Å². The monoisotopic (exact) mass is 331 g/mol. The molecule has 0 aliphatic heterocycles. The molecule has 0 saturated carbocycles. The summed E-state index contributed by atoms with van der Waals surface area (Å²) in [5, 5.41) is 9.03. The Balaban J connectivity index is 3.00. The summed E-state index contributed by atoms with van der Waals surface area (Å²) in [4.78, 5) is 11.1. The van der Waals surface area contributed by atoms with E-state index in [-0.39, 0.29) is 16.1 Å². The van der Waals surface area contributed by atoms with E-state index in [0.29, 0.717) is 0 Å². The molecule has 2 N–H and O–H groups in total. The van der Waals surface area contributed by atoms with Crippen molar-refractivity contribution in [3.8, 4) is 0 Å². The van der Waals surface area contributed by atoms with Crippen molar-refractivity contribution in [1.29, 1.82) is 0 Å². The molecule has 1 rings (SSSR count). The molecule has 0 aliphatic rings. The number of thioether (sulfide) groups is 1. The maximum Gasteiger partial charge on any atom is 0.322 e. The molecule has 0 aliphatic carbocycles. The zero-order valence-electron chi connectivity index (χ0n) is 12.6. The number of rotatable bonds is 6.